The van der Waals surface area contributed by atoms with E-state index in [0.29, 0.717) is 10.7 Å². The molecule has 4 aromatic rings. The summed E-state index contributed by atoms with van der Waals surface area (Å²) in [6.45, 7) is 2.01. The topological polar surface area (TPSA) is 46.4 Å². The Balaban J connectivity index is 1.64. The molecule has 1 amide bonds. The predicted molar refractivity (Wildman–Crippen MR) is 97.6 cm³/mol. The van der Waals surface area contributed by atoms with Gasteiger partial charge in [-0.05, 0) is 19.1 Å². The van der Waals surface area contributed by atoms with Crippen molar-refractivity contribution in [3.05, 3.63) is 76.9 Å². The number of benzene rings is 2. The zero-order valence-corrected chi connectivity index (χ0v) is 14.5. The summed E-state index contributed by atoms with van der Waals surface area (Å²) in [5.74, 6) is -2.39. The smallest absolute Gasteiger partial charge is 0.273 e. The number of nitrogens with one attached hydrogen (secondary N) is 1. The fraction of sp³-hybridized carbons (Fsp3) is 0.0526. The number of carbonyl (C=O) groups excluding carboxylic acids is 1. The highest BCUT2D eigenvalue weighted by atomic mass is 32.1. The minimum atomic E-state index is -1.01. The number of rotatable bonds is 3. The summed E-state index contributed by atoms with van der Waals surface area (Å²) in [7, 11) is 0. The number of hydrogen-bond donors (Lipinski definition) is 1. The van der Waals surface area contributed by atoms with Crippen molar-refractivity contribution in [1.82, 2.24) is 9.38 Å². The Bertz CT molecular complexity index is 1120. The van der Waals surface area contributed by atoms with Crippen LogP contribution in [0.3, 0.4) is 0 Å². The van der Waals surface area contributed by atoms with Crippen LogP contribution in [0.15, 0.2) is 54.0 Å². The Hall–Kier alpha value is -3.06. The van der Waals surface area contributed by atoms with Crippen LogP contribution in [-0.4, -0.2) is 15.3 Å². The number of anilines is 1. The van der Waals surface area contributed by atoms with E-state index in [9.17, 15) is 13.6 Å². The maximum Gasteiger partial charge on any atom is 0.273 e. The number of hydrogen-bond acceptors (Lipinski definition) is 3. The van der Waals surface area contributed by atoms with Crippen LogP contribution in [0.5, 0.6) is 0 Å². The molecule has 0 radical (unpaired) electrons. The molecule has 2 heterocycles. The molecule has 0 spiro atoms. The molecular formula is C19H13F2N3OS. The van der Waals surface area contributed by atoms with E-state index in [2.05, 4.69) is 10.3 Å². The molecule has 130 valence electrons. The molecule has 0 saturated heterocycles. The van der Waals surface area contributed by atoms with E-state index < -0.39 is 17.5 Å². The summed E-state index contributed by atoms with van der Waals surface area (Å²) < 4.78 is 28.0. The fourth-order valence-corrected chi connectivity index (χ4v) is 3.43. The maximum absolute atomic E-state index is 13.3. The minimum Gasteiger partial charge on any atom is -0.321 e. The van der Waals surface area contributed by atoms with Gasteiger partial charge in [0.15, 0.2) is 16.6 Å². The molecule has 0 aliphatic rings. The number of nitrogens with zero attached hydrogens (tertiary/aromatic N) is 2. The number of fused-ring (bicyclic) bond motifs is 1. The second-order valence-corrected chi connectivity index (χ2v) is 6.69. The van der Waals surface area contributed by atoms with Crippen molar-refractivity contribution in [2.24, 2.45) is 0 Å². The molecule has 0 aliphatic carbocycles. The zero-order valence-electron chi connectivity index (χ0n) is 13.7. The van der Waals surface area contributed by atoms with Gasteiger partial charge in [0.25, 0.3) is 5.91 Å². The predicted octanol–water partition coefficient (Wildman–Crippen LogP) is 4.90. The Morgan fingerprint density at radius 1 is 1.12 bits per heavy atom. The molecular weight excluding hydrogens is 356 g/mol. The van der Waals surface area contributed by atoms with Crippen molar-refractivity contribution in [3.63, 3.8) is 0 Å². The summed E-state index contributed by atoms with van der Waals surface area (Å²) in [6, 6.07) is 11.2. The first kappa shape index (κ1) is 16.4. The number of aromatic nitrogens is 2. The minimum absolute atomic E-state index is 0.187. The molecule has 4 rings (SSSR count). The summed E-state index contributed by atoms with van der Waals surface area (Å²) in [4.78, 5) is 17.7. The molecule has 2 aromatic heterocycles. The van der Waals surface area contributed by atoms with Crippen LogP contribution in [0.2, 0.25) is 0 Å². The van der Waals surface area contributed by atoms with E-state index in [0.717, 1.165) is 29.0 Å². The monoisotopic (exact) mass is 369 g/mol. The van der Waals surface area contributed by atoms with E-state index in [1.54, 1.807) is 16.0 Å². The van der Waals surface area contributed by atoms with Gasteiger partial charge in [0.2, 0.25) is 0 Å². The average Bonchev–Trinajstić information content (AvgIpc) is 3.19. The lowest BCUT2D eigenvalue weighted by Crippen LogP contribution is -2.14. The zero-order chi connectivity index (χ0) is 18.3. The SMILES string of the molecule is Cc1ccc(-c2cn3c(C(=O)Nc4ccc(F)c(F)c4)csc3n2)cc1. The highest BCUT2D eigenvalue weighted by molar-refractivity contribution is 7.15. The number of imidazole rings is 1. The standard InChI is InChI=1S/C19H13F2N3OS/c1-11-2-4-12(5-3-11)16-9-24-17(10-26-19(24)23-16)18(25)22-13-6-7-14(20)15(21)8-13/h2-10H,1H3,(H,22,25). The van der Waals surface area contributed by atoms with Gasteiger partial charge in [0, 0.05) is 28.9 Å². The average molecular weight is 369 g/mol. The molecule has 4 nitrogen and oxygen atoms in total. The van der Waals surface area contributed by atoms with Gasteiger partial charge >= 0.3 is 0 Å². The molecule has 2 aromatic carbocycles. The van der Waals surface area contributed by atoms with Crippen molar-refractivity contribution in [1.29, 1.82) is 0 Å². The van der Waals surface area contributed by atoms with Crippen LogP contribution in [0.1, 0.15) is 16.1 Å². The van der Waals surface area contributed by atoms with Crippen LogP contribution in [0, 0.1) is 18.6 Å². The first-order valence-electron chi connectivity index (χ1n) is 7.81. The maximum atomic E-state index is 13.3. The number of halogens is 2. The van der Waals surface area contributed by atoms with E-state index in [-0.39, 0.29) is 5.69 Å². The van der Waals surface area contributed by atoms with Gasteiger partial charge in [-0.25, -0.2) is 13.8 Å². The van der Waals surface area contributed by atoms with Crippen molar-refractivity contribution < 1.29 is 13.6 Å². The number of aryl methyl sites for hydroxylation is 1. The quantitative estimate of drug-likeness (QED) is 0.558. The molecule has 26 heavy (non-hydrogen) atoms. The summed E-state index contributed by atoms with van der Waals surface area (Å²) in [5.41, 5.74) is 3.44. The highest BCUT2D eigenvalue weighted by Gasteiger charge is 2.16. The molecule has 0 unspecified atom stereocenters. The van der Waals surface area contributed by atoms with Crippen LogP contribution in [0.4, 0.5) is 14.5 Å². The molecule has 0 fully saturated rings. The molecule has 0 atom stereocenters. The van der Waals surface area contributed by atoms with Gasteiger partial charge in [0.05, 0.1) is 5.69 Å². The van der Waals surface area contributed by atoms with E-state index in [1.807, 2.05) is 31.2 Å². The Morgan fingerprint density at radius 3 is 2.62 bits per heavy atom. The van der Waals surface area contributed by atoms with E-state index in [1.165, 1.54) is 17.4 Å². The first-order chi connectivity index (χ1) is 12.5. The number of amides is 1. The Kier molecular flexibility index (Phi) is 4.00. The first-order valence-corrected chi connectivity index (χ1v) is 8.69. The molecule has 0 saturated carbocycles. The van der Waals surface area contributed by atoms with Gasteiger partial charge in [-0.2, -0.15) is 0 Å². The number of carbonyl (C=O) groups is 1. The van der Waals surface area contributed by atoms with Gasteiger partial charge < -0.3 is 5.32 Å². The van der Waals surface area contributed by atoms with Gasteiger partial charge in [0.1, 0.15) is 5.69 Å². The second kappa shape index (κ2) is 6.34. The van der Waals surface area contributed by atoms with E-state index >= 15 is 0 Å². The molecule has 0 aliphatic heterocycles. The lowest BCUT2D eigenvalue weighted by molar-refractivity contribution is 0.102. The molecule has 0 bridgehead atoms. The third-order valence-electron chi connectivity index (χ3n) is 3.97. The highest BCUT2D eigenvalue weighted by Crippen LogP contribution is 2.24. The third-order valence-corrected chi connectivity index (χ3v) is 4.81. The molecule has 7 heteroatoms. The van der Waals surface area contributed by atoms with Crippen molar-refractivity contribution >= 4 is 27.9 Å². The second-order valence-electron chi connectivity index (χ2n) is 5.85. The summed E-state index contributed by atoms with van der Waals surface area (Å²) in [5, 5.41) is 4.25. The van der Waals surface area contributed by atoms with Gasteiger partial charge in [-0.1, -0.05) is 29.8 Å². The van der Waals surface area contributed by atoms with Crippen molar-refractivity contribution in [3.8, 4) is 11.3 Å². The third kappa shape index (κ3) is 2.97. The van der Waals surface area contributed by atoms with Crippen LogP contribution < -0.4 is 5.32 Å². The van der Waals surface area contributed by atoms with Gasteiger partial charge in [-0.3, -0.25) is 9.20 Å². The van der Waals surface area contributed by atoms with Gasteiger partial charge in [-0.15, -0.1) is 11.3 Å². The normalized spacial score (nSPS) is 11.0. The lowest BCUT2D eigenvalue weighted by Gasteiger charge is -2.04. The van der Waals surface area contributed by atoms with Crippen LogP contribution in [-0.2, 0) is 0 Å². The van der Waals surface area contributed by atoms with Crippen LogP contribution >= 0.6 is 11.3 Å². The van der Waals surface area contributed by atoms with Crippen LogP contribution in [0.25, 0.3) is 16.2 Å². The summed E-state index contributed by atoms with van der Waals surface area (Å²) in [6.07, 6.45) is 1.79. The van der Waals surface area contributed by atoms with Crippen molar-refractivity contribution in [2.75, 3.05) is 5.32 Å². The molecule has 1 N–H and O–H groups in total. The Labute approximate surface area is 151 Å². The summed E-state index contributed by atoms with van der Waals surface area (Å²) >= 11 is 1.33. The Morgan fingerprint density at radius 2 is 1.88 bits per heavy atom. The lowest BCUT2D eigenvalue weighted by atomic mass is 10.1. The number of thiazole rings is 1. The van der Waals surface area contributed by atoms with Crippen molar-refractivity contribution in [2.45, 2.75) is 6.92 Å². The fourth-order valence-electron chi connectivity index (χ4n) is 2.58. The largest absolute Gasteiger partial charge is 0.321 e. The van der Waals surface area contributed by atoms with E-state index in [4.69, 9.17) is 0 Å².